The molecule has 2 N–H and O–H groups in total. The highest BCUT2D eigenvalue weighted by molar-refractivity contribution is 5.81. The highest BCUT2D eigenvalue weighted by Crippen LogP contribution is 2.42. The molecule has 0 spiro atoms. The standard InChI is InChI=1S/C27H31F4N9O/c1-15-14-41-11-10-38(15)22-13-20(23-16(2)37-40(24(23)27(29,30)31)18-6-8-33-9-7-18)35-26(36-22)39-21-5-4-17(28)12-19(21)34-25(39)32-3/h4-5,12-13,15,18,33H,6-11,14H2,1-3H3,(H,32,34). The first-order valence-electron chi connectivity index (χ1n) is 13.6. The van der Waals surface area contributed by atoms with E-state index in [1.165, 1.54) is 12.1 Å². The Balaban J connectivity index is 1.61. The van der Waals surface area contributed by atoms with E-state index in [0.717, 1.165) is 4.68 Å². The fourth-order valence-electron chi connectivity index (χ4n) is 5.73. The highest BCUT2D eigenvalue weighted by Gasteiger charge is 2.42. The predicted molar refractivity (Wildman–Crippen MR) is 146 cm³/mol. The van der Waals surface area contributed by atoms with Gasteiger partial charge in [-0.3, -0.25) is 4.68 Å². The van der Waals surface area contributed by atoms with Gasteiger partial charge in [0.1, 0.15) is 11.6 Å². The number of morpholine rings is 1. The summed E-state index contributed by atoms with van der Waals surface area (Å²) in [5.41, 5.74) is 0.289. The zero-order chi connectivity index (χ0) is 28.9. The monoisotopic (exact) mass is 573 g/mol. The molecule has 4 aromatic rings. The van der Waals surface area contributed by atoms with Gasteiger partial charge in [0.25, 0.3) is 0 Å². The summed E-state index contributed by atoms with van der Waals surface area (Å²) in [4.78, 5) is 16.0. The van der Waals surface area contributed by atoms with Crippen LogP contribution in [0.15, 0.2) is 24.3 Å². The summed E-state index contributed by atoms with van der Waals surface area (Å²) in [5.74, 6) is 0.422. The van der Waals surface area contributed by atoms with Gasteiger partial charge < -0.3 is 20.3 Å². The number of hydrogen-bond donors (Lipinski definition) is 2. The lowest BCUT2D eigenvalue weighted by Gasteiger charge is -2.34. The van der Waals surface area contributed by atoms with Gasteiger partial charge in [-0.1, -0.05) is 0 Å². The Kier molecular flexibility index (Phi) is 7.06. The van der Waals surface area contributed by atoms with Crippen molar-refractivity contribution in [3.63, 3.8) is 0 Å². The maximum atomic E-state index is 14.8. The lowest BCUT2D eigenvalue weighted by atomic mass is 10.0. The van der Waals surface area contributed by atoms with Crippen molar-refractivity contribution in [3.8, 4) is 17.2 Å². The summed E-state index contributed by atoms with van der Waals surface area (Å²) in [6, 6.07) is 5.27. The van der Waals surface area contributed by atoms with E-state index < -0.39 is 17.7 Å². The largest absolute Gasteiger partial charge is 0.433 e. The number of imidazole rings is 1. The Labute approximate surface area is 233 Å². The van der Waals surface area contributed by atoms with Crippen molar-refractivity contribution in [3.05, 3.63) is 41.5 Å². The van der Waals surface area contributed by atoms with Gasteiger partial charge in [-0.05, 0) is 51.9 Å². The number of alkyl halides is 3. The molecule has 2 fully saturated rings. The molecule has 0 saturated carbocycles. The van der Waals surface area contributed by atoms with E-state index in [-0.39, 0.29) is 35.0 Å². The maximum Gasteiger partial charge on any atom is 0.433 e. The van der Waals surface area contributed by atoms with Crippen LogP contribution in [0.25, 0.3) is 28.2 Å². The van der Waals surface area contributed by atoms with Gasteiger partial charge in [0.15, 0.2) is 5.69 Å². The number of hydrogen-bond acceptors (Lipinski definition) is 8. The smallest absolute Gasteiger partial charge is 0.377 e. The number of nitrogens with zero attached hydrogens (tertiary/aromatic N) is 7. The predicted octanol–water partition coefficient (Wildman–Crippen LogP) is 4.34. The van der Waals surface area contributed by atoms with Gasteiger partial charge in [0.2, 0.25) is 11.9 Å². The minimum absolute atomic E-state index is 0.0719. The van der Waals surface area contributed by atoms with Gasteiger partial charge >= 0.3 is 6.18 Å². The van der Waals surface area contributed by atoms with Crippen LogP contribution in [-0.2, 0) is 10.9 Å². The maximum absolute atomic E-state index is 14.8. The second-order valence-electron chi connectivity index (χ2n) is 10.4. The van der Waals surface area contributed by atoms with Crippen molar-refractivity contribution in [1.29, 1.82) is 0 Å². The van der Waals surface area contributed by atoms with E-state index in [4.69, 9.17) is 14.7 Å². The molecule has 14 heteroatoms. The number of anilines is 2. The molecule has 218 valence electrons. The first-order valence-corrected chi connectivity index (χ1v) is 13.6. The molecule has 5 heterocycles. The summed E-state index contributed by atoms with van der Waals surface area (Å²) in [6.45, 7) is 6.19. The second-order valence-corrected chi connectivity index (χ2v) is 10.4. The van der Waals surface area contributed by atoms with Gasteiger partial charge in [0.05, 0.1) is 53.3 Å². The third-order valence-corrected chi connectivity index (χ3v) is 7.67. The average Bonchev–Trinajstić information content (AvgIpc) is 3.50. The normalized spacial score (nSPS) is 18.8. The number of rotatable bonds is 5. The van der Waals surface area contributed by atoms with Crippen molar-refractivity contribution in [2.24, 2.45) is 0 Å². The molecular weight excluding hydrogens is 542 g/mol. The third kappa shape index (κ3) is 4.99. The Hall–Kier alpha value is -3.78. The number of aromatic nitrogens is 6. The number of ether oxygens (including phenoxy) is 1. The lowest BCUT2D eigenvalue weighted by Crippen LogP contribution is -2.44. The summed E-state index contributed by atoms with van der Waals surface area (Å²) < 4.78 is 66.8. The molecular formula is C27H31F4N9O. The topological polar surface area (TPSA) is 98.0 Å². The van der Waals surface area contributed by atoms with E-state index in [1.54, 1.807) is 30.7 Å². The second kappa shape index (κ2) is 10.6. The minimum atomic E-state index is -4.67. The van der Waals surface area contributed by atoms with Gasteiger partial charge in [0, 0.05) is 25.7 Å². The number of fused-ring (bicyclic) bond motifs is 1. The van der Waals surface area contributed by atoms with Crippen molar-refractivity contribution < 1.29 is 22.3 Å². The summed E-state index contributed by atoms with van der Waals surface area (Å²) >= 11 is 0. The molecule has 10 nitrogen and oxygen atoms in total. The molecule has 2 aliphatic rings. The molecule has 1 atom stereocenters. The van der Waals surface area contributed by atoms with Gasteiger partial charge in [-0.2, -0.15) is 23.3 Å². The van der Waals surface area contributed by atoms with Crippen LogP contribution in [0, 0.1) is 12.7 Å². The summed E-state index contributed by atoms with van der Waals surface area (Å²) in [5, 5.41) is 10.6. The molecule has 0 radical (unpaired) electrons. The summed E-state index contributed by atoms with van der Waals surface area (Å²) in [7, 11) is 1.65. The van der Waals surface area contributed by atoms with Gasteiger partial charge in [-0.25, -0.2) is 18.9 Å². The van der Waals surface area contributed by atoms with Crippen LogP contribution in [-0.4, -0.2) is 75.2 Å². The molecule has 2 saturated heterocycles. The number of benzene rings is 1. The molecule has 0 bridgehead atoms. The van der Waals surface area contributed by atoms with Crippen LogP contribution in [0.5, 0.6) is 0 Å². The van der Waals surface area contributed by atoms with Crippen molar-refractivity contribution in [2.75, 3.05) is 50.1 Å². The van der Waals surface area contributed by atoms with E-state index in [9.17, 15) is 17.6 Å². The van der Waals surface area contributed by atoms with E-state index >= 15 is 0 Å². The number of piperidine rings is 1. The van der Waals surface area contributed by atoms with E-state index in [1.807, 2.05) is 11.8 Å². The molecule has 3 aromatic heterocycles. The van der Waals surface area contributed by atoms with Crippen molar-refractivity contribution in [1.82, 2.24) is 34.6 Å². The first-order chi connectivity index (χ1) is 19.7. The first kappa shape index (κ1) is 27.4. The van der Waals surface area contributed by atoms with Crippen LogP contribution in [0.3, 0.4) is 0 Å². The molecule has 1 aromatic carbocycles. The average molecular weight is 574 g/mol. The van der Waals surface area contributed by atoms with Crippen LogP contribution in [0.1, 0.15) is 37.2 Å². The van der Waals surface area contributed by atoms with Crippen LogP contribution in [0.4, 0.5) is 29.3 Å². The Morgan fingerprint density at radius 3 is 2.59 bits per heavy atom. The number of aryl methyl sites for hydroxylation is 1. The fourth-order valence-corrected chi connectivity index (χ4v) is 5.73. The number of nitrogens with one attached hydrogen (secondary N) is 2. The Morgan fingerprint density at radius 2 is 1.88 bits per heavy atom. The fraction of sp³-hybridized carbons (Fsp3) is 0.481. The van der Waals surface area contributed by atoms with Crippen LogP contribution < -0.4 is 15.5 Å². The van der Waals surface area contributed by atoms with Crippen LogP contribution >= 0.6 is 0 Å². The van der Waals surface area contributed by atoms with E-state index in [2.05, 4.69) is 20.7 Å². The quantitative estimate of drug-likeness (QED) is 0.341. The van der Waals surface area contributed by atoms with Crippen molar-refractivity contribution in [2.45, 2.75) is 44.9 Å². The minimum Gasteiger partial charge on any atom is -0.377 e. The third-order valence-electron chi connectivity index (χ3n) is 7.67. The highest BCUT2D eigenvalue weighted by atomic mass is 19.4. The molecule has 0 aliphatic carbocycles. The van der Waals surface area contributed by atoms with E-state index in [0.29, 0.717) is 68.5 Å². The molecule has 41 heavy (non-hydrogen) atoms. The molecule has 6 rings (SSSR count). The number of halogens is 4. The van der Waals surface area contributed by atoms with Crippen LogP contribution in [0.2, 0.25) is 0 Å². The lowest BCUT2D eigenvalue weighted by molar-refractivity contribution is -0.144. The SMILES string of the molecule is CNc1nc2cc(F)ccc2n1-c1nc(-c2c(C)nn(C3CCNCC3)c2C(F)(F)F)cc(N2CCOCC2C)n1. The zero-order valence-electron chi connectivity index (χ0n) is 23.0. The molecule has 0 amide bonds. The summed E-state index contributed by atoms with van der Waals surface area (Å²) in [6.07, 6.45) is -3.59. The van der Waals surface area contributed by atoms with Gasteiger partial charge in [-0.15, -0.1) is 0 Å². The zero-order valence-corrected chi connectivity index (χ0v) is 23.0. The molecule has 2 aliphatic heterocycles. The molecule has 1 unspecified atom stereocenters. The Morgan fingerprint density at radius 1 is 1.10 bits per heavy atom. The van der Waals surface area contributed by atoms with Crippen molar-refractivity contribution >= 4 is 22.8 Å². The Bertz CT molecular complexity index is 1580.